The van der Waals surface area contributed by atoms with Crippen molar-refractivity contribution in [2.24, 2.45) is 0 Å². The third kappa shape index (κ3) is 4.56. The number of aryl methyl sites for hydroxylation is 1. The first-order valence-corrected chi connectivity index (χ1v) is 8.92. The van der Waals surface area contributed by atoms with E-state index in [9.17, 15) is 14.9 Å². The maximum Gasteiger partial charge on any atom is 0.335 e. The second kappa shape index (κ2) is 8.80. The number of carboxylic acid groups (broad SMARTS) is 1. The minimum Gasteiger partial charge on any atom is -0.497 e. The van der Waals surface area contributed by atoms with Gasteiger partial charge in [-0.1, -0.05) is 12.1 Å². The molecule has 0 saturated heterocycles. The summed E-state index contributed by atoms with van der Waals surface area (Å²) in [5, 5.41) is 21.1. The maximum atomic E-state index is 12.4. The van der Waals surface area contributed by atoms with Gasteiger partial charge in [0.15, 0.2) is 0 Å². The summed E-state index contributed by atoms with van der Waals surface area (Å²) >= 11 is 0. The van der Waals surface area contributed by atoms with E-state index in [4.69, 9.17) is 14.3 Å². The molecule has 1 heterocycles. The second-order valence-corrected chi connectivity index (χ2v) is 6.39. The van der Waals surface area contributed by atoms with Gasteiger partial charge in [0.05, 0.1) is 12.7 Å². The molecule has 30 heavy (non-hydrogen) atoms. The predicted octanol–water partition coefficient (Wildman–Crippen LogP) is 4.51. The molecule has 7 heteroatoms. The Morgan fingerprint density at radius 2 is 1.97 bits per heavy atom. The molecule has 0 aliphatic carbocycles. The molecule has 7 nitrogen and oxygen atoms in total. The molecule has 0 radical (unpaired) electrons. The van der Waals surface area contributed by atoms with E-state index in [1.54, 1.807) is 55.5 Å². The van der Waals surface area contributed by atoms with Crippen LogP contribution < -0.4 is 10.1 Å². The number of ether oxygens (including phenoxy) is 1. The van der Waals surface area contributed by atoms with Crippen molar-refractivity contribution in [3.05, 3.63) is 77.1 Å². The summed E-state index contributed by atoms with van der Waals surface area (Å²) < 4.78 is 10.9. The highest BCUT2D eigenvalue weighted by Crippen LogP contribution is 2.27. The first kappa shape index (κ1) is 20.4. The number of carboxylic acids is 1. The Morgan fingerprint density at radius 3 is 2.63 bits per heavy atom. The Hall–Kier alpha value is -4.31. The average molecular weight is 402 g/mol. The first-order valence-electron chi connectivity index (χ1n) is 8.92. The van der Waals surface area contributed by atoms with Crippen molar-refractivity contribution >= 4 is 23.6 Å². The summed E-state index contributed by atoms with van der Waals surface area (Å²) in [6, 6.07) is 16.7. The van der Waals surface area contributed by atoms with Crippen LogP contribution in [0.15, 0.2) is 64.6 Å². The van der Waals surface area contributed by atoms with Crippen molar-refractivity contribution in [2.75, 3.05) is 12.4 Å². The number of nitrogens with zero attached hydrogens (tertiary/aromatic N) is 1. The molecule has 1 aromatic heterocycles. The molecule has 0 bridgehead atoms. The minimum absolute atomic E-state index is 0.128. The number of aromatic carboxylic acids is 1. The zero-order valence-corrected chi connectivity index (χ0v) is 16.3. The molecule has 0 fully saturated rings. The number of rotatable bonds is 6. The highest BCUT2D eigenvalue weighted by Gasteiger charge is 2.13. The zero-order chi connectivity index (χ0) is 21.7. The van der Waals surface area contributed by atoms with Gasteiger partial charge in [-0.05, 0) is 48.9 Å². The largest absolute Gasteiger partial charge is 0.497 e. The summed E-state index contributed by atoms with van der Waals surface area (Å²) in [6.45, 7) is 1.78. The molecule has 0 aliphatic rings. The van der Waals surface area contributed by atoms with Crippen LogP contribution in [-0.4, -0.2) is 24.1 Å². The van der Waals surface area contributed by atoms with Gasteiger partial charge in [0, 0.05) is 23.4 Å². The van der Waals surface area contributed by atoms with Crippen molar-refractivity contribution in [3.63, 3.8) is 0 Å². The van der Waals surface area contributed by atoms with E-state index in [0.29, 0.717) is 23.0 Å². The van der Waals surface area contributed by atoms with Crippen LogP contribution >= 0.6 is 0 Å². The average Bonchev–Trinajstić information content (AvgIpc) is 3.20. The van der Waals surface area contributed by atoms with E-state index in [1.807, 2.05) is 6.07 Å². The zero-order valence-electron chi connectivity index (χ0n) is 16.3. The summed E-state index contributed by atoms with van der Waals surface area (Å²) in [7, 11) is 1.52. The smallest absolute Gasteiger partial charge is 0.335 e. The fourth-order valence-electron chi connectivity index (χ4n) is 2.84. The van der Waals surface area contributed by atoms with Gasteiger partial charge >= 0.3 is 5.97 Å². The molecule has 2 aromatic carbocycles. The fourth-order valence-corrected chi connectivity index (χ4v) is 2.84. The summed E-state index contributed by atoms with van der Waals surface area (Å²) in [5.74, 6) is -0.181. The van der Waals surface area contributed by atoms with Crippen molar-refractivity contribution < 1.29 is 23.8 Å². The number of furan rings is 1. The summed E-state index contributed by atoms with van der Waals surface area (Å²) in [5.41, 5.74) is 2.00. The van der Waals surface area contributed by atoms with E-state index < -0.39 is 11.9 Å². The number of anilines is 1. The Bertz CT molecular complexity index is 1180. The van der Waals surface area contributed by atoms with Gasteiger partial charge in [-0.25, -0.2) is 4.79 Å². The molecule has 0 saturated carbocycles. The third-order valence-corrected chi connectivity index (χ3v) is 4.34. The molecular formula is C23H18N2O5. The first-order chi connectivity index (χ1) is 14.4. The monoisotopic (exact) mass is 402 g/mol. The maximum absolute atomic E-state index is 12.4. The number of benzene rings is 2. The van der Waals surface area contributed by atoms with Crippen molar-refractivity contribution in [1.82, 2.24) is 0 Å². The number of nitriles is 1. The van der Waals surface area contributed by atoms with Crippen molar-refractivity contribution in [2.45, 2.75) is 6.92 Å². The number of methoxy groups -OCH3 is 1. The van der Waals surface area contributed by atoms with Gasteiger partial charge in [-0.15, -0.1) is 0 Å². The van der Waals surface area contributed by atoms with Crippen LogP contribution in [0.1, 0.15) is 21.7 Å². The van der Waals surface area contributed by atoms with Crippen LogP contribution in [0.4, 0.5) is 5.69 Å². The fraction of sp³-hybridized carbons (Fsp3) is 0.0870. The Balaban J connectivity index is 1.82. The van der Waals surface area contributed by atoms with E-state index in [2.05, 4.69) is 5.32 Å². The van der Waals surface area contributed by atoms with Crippen molar-refractivity contribution in [1.29, 1.82) is 5.26 Å². The highest BCUT2D eigenvalue weighted by atomic mass is 16.5. The summed E-state index contributed by atoms with van der Waals surface area (Å²) in [6.07, 6.45) is 1.35. The normalized spacial score (nSPS) is 10.9. The molecule has 1 amide bonds. The number of carbonyl (C=O) groups is 2. The third-order valence-electron chi connectivity index (χ3n) is 4.34. The van der Waals surface area contributed by atoms with Gasteiger partial charge in [0.25, 0.3) is 5.91 Å². The predicted molar refractivity (Wildman–Crippen MR) is 111 cm³/mol. The number of nitrogens with one attached hydrogen (secondary N) is 1. The summed E-state index contributed by atoms with van der Waals surface area (Å²) in [4.78, 5) is 23.5. The van der Waals surface area contributed by atoms with Gasteiger partial charge in [-0.2, -0.15) is 5.26 Å². The van der Waals surface area contributed by atoms with Gasteiger partial charge in [0.1, 0.15) is 28.9 Å². The van der Waals surface area contributed by atoms with Crippen LogP contribution in [0.2, 0.25) is 0 Å². The lowest BCUT2D eigenvalue weighted by atomic mass is 10.0. The second-order valence-electron chi connectivity index (χ2n) is 6.39. The Kier molecular flexibility index (Phi) is 5.99. The number of carbonyl (C=O) groups excluding carboxylic acids is 1. The molecular weight excluding hydrogens is 384 g/mol. The lowest BCUT2D eigenvalue weighted by molar-refractivity contribution is -0.112. The van der Waals surface area contributed by atoms with Crippen LogP contribution in [0.3, 0.4) is 0 Å². The minimum atomic E-state index is -1.01. The van der Waals surface area contributed by atoms with Gasteiger partial charge in [0.2, 0.25) is 0 Å². The lowest BCUT2D eigenvalue weighted by Gasteiger charge is -2.06. The molecule has 3 rings (SSSR count). The Morgan fingerprint density at radius 1 is 1.17 bits per heavy atom. The molecule has 150 valence electrons. The van der Waals surface area contributed by atoms with Gasteiger partial charge in [-0.3, -0.25) is 4.79 Å². The van der Waals surface area contributed by atoms with Crippen LogP contribution in [0.5, 0.6) is 5.75 Å². The van der Waals surface area contributed by atoms with Crippen LogP contribution in [0.25, 0.3) is 17.4 Å². The van der Waals surface area contributed by atoms with E-state index in [0.717, 1.165) is 11.1 Å². The highest BCUT2D eigenvalue weighted by molar-refractivity contribution is 6.09. The molecule has 0 aliphatic heterocycles. The van der Waals surface area contributed by atoms with E-state index in [1.165, 1.54) is 19.3 Å². The standard InChI is InChI=1S/C23H18N2O5/c1-14-10-15(23(27)28)6-8-20(14)21-9-7-19(30-21)11-16(13-24)22(26)25-17-4-3-5-18(12-17)29-2/h3-12H,1-2H3,(H,25,26)(H,27,28)/b16-11-. The van der Waals surface area contributed by atoms with Crippen LogP contribution in [0, 0.1) is 18.3 Å². The number of hydrogen-bond acceptors (Lipinski definition) is 5. The molecule has 0 spiro atoms. The lowest BCUT2D eigenvalue weighted by Crippen LogP contribution is -2.13. The molecule has 3 aromatic rings. The SMILES string of the molecule is COc1cccc(NC(=O)/C(C#N)=C\c2ccc(-c3ccc(C(=O)O)cc3C)o2)c1. The van der Waals surface area contributed by atoms with E-state index in [-0.39, 0.29) is 11.1 Å². The van der Waals surface area contributed by atoms with Gasteiger partial charge < -0.3 is 19.6 Å². The topological polar surface area (TPSA) is 113 Å². The van der Waals surface area contributed by atoms with E-state index >= 15 is 0 Å². The van der Waals surface area contributed by atoms with Crippen LogP contribution in [-0.2, 0) is 4.79 Å². The van der Waals surface area contributed by atoms with Crippen molar-refractivity contribution in [3.8, 4) is 23.1 Å². The Labute approximate surface area is 172 Å². The number of hydrogen-bond donors (Lipinski definition) is 2. The quantitative estimate of drug-likeness (QED) is 0.463. The number of amides is 1. The molecule has 2 N–H and O–H groups in total. The molecule has 0 atom stereocenters. The molecule has 0 unspecified atom stereocenters.